The van der Waals surface area contributed by atoms with Gasteiger partial charge in [-0.15, -0.1) is 0 Å². The predicted octanol–water partition coefficient (Wildman–Crippen LogP) is 2.74. The molecule has 1 heterocycles. The van der Waals surface area contributed by atoms with Crippen LogP contribution in [0.15, 0.2) is 24.3 Å². The second kappa shape index (κ2) is 6.31. The highest BCUT2D eigenvalue weighted by molar-refractivity contribution is 8.00. The van der Waals surface area contributed by atoms with Crippen LogP contribution < -0.4 is 10.2 Å². The molecule has 1 aromatic rings. The number of hydrogen-bond donors (Lipinski definition) is 1. The van der Waals surface area contributed by atoms with Gasteiger partial charge in [0.15, 0.2) is 0 Å². The topological polar surface area (TPSA) is 15.3 Å². The average molecular weight is 250 g/mol. The summed E-state index contributed by atoms with van der Waals surface area (Å²) in [5.74, 6) is 1.25. The van der Waals surface area contributed by atoms with Gasteiger partial charge in [-0.25, -0.2) is 0 Å². The van der Waals surface area contributed by atoms with Gasteiger partial charge in [0, 0.05) is 36.3 Å². The van der Waals surface area contributed by atoms with Crippen molar-refractivity contribution in [2.45, 2.75) is 25.6 Å². The minimum Gasteiger partial charge on any atom is -0.369 e. The van der Waals surface area contributed by atoms with Crippen molar-refractivity contribution in [3.63, 3.8) is 0 Å². The Balaban J connectivity index is 2.12. The summed E-state index contributed by atoms with van der Waals surface area (Å²) in [7, 11) is 0. The van der Waals surface area contributed by atoms with Gasteiger partial charge in [-0.3, -0.25) is 0 Å². The van der Waals surface area contributed by atoms with Crippen molar-refractivity contribution in [2.75, 3.05) is 30.3 Å². The van der Waals surface area contributed by atoms with Crippen molar-refractivity contribution in [3.05, 3.63) is 29.8 Å². The molecule has 1 unspecified atom stereocenters. The fourth-order valence-corrected chi connectivity index (χ4v) is 3.28. The molecule has 94 valence electrons. The Morgan fingerprint density at radius 2 is 2.24 bits per heavy atom. The first kappa shape index (κ1) is 12.8. The molecular formula is C14H22N2S. The van der Waals surface area contributed by atoms with E-state index < -0.39 is 0 Å². The molecule has 1 fully saturated rings. The minimum absolute atomic E-state index is 0.746. The third-order valence-electron chi connectivity index (χ3n) is 3.14. The van der Waals surface area contributed by atoms with Crippen LogP contribution in [0, 0.1) is 0 Å². The molecule has 0 aromatic heterocycles. The van der Waals surface area contributed by atoms with E-state index in [4.69, 9.17) is 0 Å². The van der Waals surface area contributed by atoms with Gasteiger partial charge < -0.3 is 10.2 Å². The second-order valence-electron chi connectivity index (χ2n) is 4.54. The quantitative estimate of drug-likeness (QED) is 0.884. The Morgan fingerprint density at radius 3 is 3.00 bits per heavy atom. The number of anilines is 1. The number of benzene rings is 1. The number of nitrogens with one attached hydrogen (secondary N) is 1. The molecule has 0 radical (unpaired) electrons. The predicted molar refractivity (Wildman–Crippen MR) is 78.0 cm³/mol. The van der Waals surface area contributed by atoms with Crippen LogP contribution >= 0.6 is 11.8 Å². The summed E-state index contributed by atoms with van der Waals surface area (Å²) in [5, 5.41) is 4.17. The van der Waals surface area contributed by atoms with Gasteiger partial charge in [0.1, 0.15) is 0 Å². The van der Waals surface area contributed by atoms with Crippen LogP contribution in [0.1, 0.15) is 19.4 Å². The largest absolute Gasteiger partial charge is 0.369 e. The third kappa shape index (κ3) is 3.39. The van der Waals surface area contributed by atoms with Crippen molar-refractivity contribution in [1.82, 2.24) is 5.32 Å². The summed E-state index contributed by atoms with van der Waals surface area (Å²) in [4.78, 5) is 2.54. The summed E-state index contributed by atoms with van der Waals surface area (Å²) in [6.45, 7) is 8.84. The van der Waals surface area contributed by atoms with Crippen LogP contribution in [0.2, 0.25) is 0 Å². The highest BCUT2D eigenvalue weighted by atomic mass is 32.2. The monoisotopic (exact) mass is 250 g/mol. The normalized spacial score (nSPS) is 20.6. The van der Waals surface area contributed by atoms with E-state index in [9.17, 15) is 0 Å². The van der Waals surface area contributed by atoms with E-state index in [-0.39, 0.29) is 0 Å². The van der Waals surface area contributed by atoms with E-state index >= 15 is 0 Å². The summed E-state index contributed by atoms with van der Waals surface area (Å²) in [5.41, 5.74) is 2.84. The van der Waals surface area contributed by atoms with Crippen molar-refractivity contribution in [2.24, 2.45) is 0 Å². The fourth-order valence-electron chi connectivity index (χ4n) is 2.27. The van der Waals surface area contributed by atoms with Gasteiger partial charge in [-0.1, -0.05) is 32.0 Å². The number of hydrogen-bond acceptors (Lipinski definition) is 3. The zero-order valence-electron chi connectivity index (χ0n) is 10.8. The Bertz CT molecular complexity index is 354. The van der Waals surface area contributed by atoms with Gasteiger partial charge >= 0.3 is 0 Å². The molecule has 3 heteroatoms. The van der Waals surface area contributed by atoms with Crippen molar-refractivity contribution in [1.29, 1.82) is 0 Å². The zero-order valence-corrected chi connectivity index (χ0v) is 11.6. The van der Waals surface area contributed by atoms with Crippen LogP contribution in [0.5, 0.6) is 0 Å². The number of para-hydroxylation sites is 1. The third-order valence-corrected chi connectivity index (χ3v) is 4.28. The number of nitrogens with zero attached hydrogens (tertiary/aromatic N) is 1. The fraction of sp³-hybridized carbons (Fsp3) is 0.571. The van der Waals surface area contributed by atoms with E-state index in [2.05, 4.69) is 60.1 Å². The van der Waals surface area contributed by atoms with Gasteiger partial charge in [0.2, 0.25) is 0 Å². The molecule has 1 aliphatic rings. The Morgan fingerprint density at radius 1 is 1.41 bits per heavy atom. The molecule has 1 saturated heterocycles. The van der Waals surface area contributed by atoms with Gasteiger partial charge in [-0.2, -0.15) is 11.8 Å². The van der Waals surface area contributed by atoms with E-state index in [1.165, 1.54) is 30.1 Å². The van der Waals surface area contributed by atoms with Gasteiger partial charge in [0.05, 0.1) is 0 Å². The lowest BCUT2D eigenvalue weighted by Crippen LogP contribution is -2.37. The number of rotatable bonds is 4. The molecular weight excluding hydrogens is 228 g/mol. The van der Waals surface area contributed by atoms with E-state index in [1.54, 1.807) is 0 Å². The zero-order chi connectivity index (χ0) is 12.1. The molecule has 1 atom stereocenters. The molecule has 2 nitrogen and oxygen atoms in total. The van der Waals surface area contributed by atoms with Crippen molar-refractivity contribution >= 4 is 17.4 Å². The lowest BCUT2D eigenvalue weighted by molar-refractivity contribution is 0.715. The van der Waals surface area contributed by atoms with E-state index in [1.807, 2.05) is 0 Å². The molecule has 0 saturated carbocycles. The summed E-state index contributed by atoms with van der Waals surface area (Å²) < 4.78 is 0. The first-order valence-electron chi connectivity index (χ1n) is 6.46. The van der Waals surface area contributed by atoms with Gasteiger partial charge in [0.25, 0.3) is 0 Å². The Labute approximate surface area is 109 Å². The molecule has 17 heavy (non-hydrogen) atoms. The Kier molecular flexibility index (Phi) is 4.75. The van der Waals surface area contributed by atoms with E-state index in [0.717, 1.165) is 18.3 Å². The van der Waals surface area contributed by atoms with Crippen LogP contribution in [0.4, 0.5) is 5.69 Å². The molecule has 0 spiro atoms. The smallest absolute Gasteiger partial charge is 0.0412 e. The maximum absolute atomic E-state index is 3.42. The SMILES string of the molecule is CCNCc1ccccc1N1CCSC(C)C1. The highest BCUT2D eigenvalue weighted by Crippen LogP contribution is 2.26. The summed E-state index contributed by atoms with van der Waals surface area (Å²) >= 11 is 2.08. The molecule has 0 aliphatic carbocycles. The average Bonchev–Trinajstić information content (AvgIpc) is 2.37. The van der Waals surface area contributed by atoms with Crippen molar-refractivity contribution < 1.29 is 0 Å². The number of thioether (sulfide) groups is 1. The summed E-state index contributed by atoms with van der Waals surface area (Å²) in [6.07, 6.45) is 0. The lowest BCUT2D eigenvalue weighted by atomic mass is 10.1. The maximum atomic E-state index is 3.42. The molecule has 1 N–H and O–H groups in total. The highest BCUT2D eigenvalue weighted by Gasteiger charge is 2.18. The minimum atomic E-state index is 0.746. The Hall–Kier alpha value is -0.670. The van der Waals surface area contributed by atoms with Crippen LogP contribution in [0.3, 0.4) is 0 Å². The van der Waals surface area contributed by atoms with Gasteiger partial charge in [-0.05, 0) is 18.2 Å². The summed E-state index contributed by atoms with van der Waals surface area (Å²) in [6, 6.07) is 8.79. The van der Waals surface area contributed by atoms with Crippen LogP contribution in [-0.2, 0) is 6.54 Å². The molecule has 2 rings (SSSR count). The molecule has 0 bridgehead atoms. The maximum Gasteiger partial charge on any atom is 0.0412 e. The molecule has 0 amide bonds. The molecule has 1 aliphatic heterocycles. The standard InChI is InChI=1S/C14H22N2S/c1-3-15-10-13-6-4-5-7-14(13)16-8-9-17-12(2)11-16/h4-7,12,15H,3,8-11H2,1-2H3. The van der Waals surface area contributed by atoms with Crippen LogP contribution in [0.25, 0.3) is 0 Å². The molecule has 1 aromatic carbocycles. The second-order valence-corrected chi connectivity index (χ2v) is 6.08. The first-order valence-corrected chi connectivity index (χ1v) is 7.51. The van der Waals surface area contributed by atoms with E-state index in [0.29, 0.717) is 0 Å². The first-order chi connectivity index (χ1) is 8.31. The van der Waals surface area contributed by atoms with Crippen molar-refractivity contribution in [3.8, 4) is 0 Å². The van der Waals surface area contributed by atoms with Crippen LogP contribution in [-0.4, -0.2) is 30.6 Å². The lowest BCUT2D eigenvalue weighted by Gasteiger charge is -2.33.